The molecule has 0 amide bonds. The Balaban J connectivity index is 2.41. The third-order valence-electron chi connectivity index (χ3n) is 4.61. The molecule has 1 aromatic heterocycles. The van der Waals surface area contributed by atoms with Gasteiger partial charge in [0.1, 0.15) is 5.75 Å². The van der Waals surface area contributed by atoms with Crippen molar-refractivity contribution >= 4 is 38.8 Å². The predicted octanol–water partition coefficient (Wildman–Crippen LogP) is 4.87. The second kappa shape index (κ2) is 9.02. The molecule has 0 aliphatic rings. The number of hydrogen-bond donors (Lipinski definition) is 0. The number of aryl methyl sites for hydroxylation is 1. The van der Waals surface area contributed by atoms with Crippen LogP contribution in [0, 0.1) is 6.92 Å². The molecule has 0 atom stereocenters. The SMILES string of the molecule is CCOC(=O)c1c(CN(C)C)n(-c2ccc(C)cc2)c2cc(Br)c(OC(C)=O)cc12. The molecule has 0 N–H and O–H groups in total. The minimum Gasteiger partial charge on any atom is -0.462 e. The number of carbonyl (C=O) groups is 2. The van der Waals surface area contributed by atoms with E-state index in [9.17, 15) is 9.59 Å². The Kier molecular flexibility index (Phi) is 6.63. The van der Waals surface area contributed by atoms with E-state index >= 15 is 0 Å². The maximum absolute atomic E-state index is 13.0. The van der Waals surface area contributed by atoms with E-state index in [1.807, 2.05) is 56.3 Å². The van der Waals surface area contributed by atoms with Gasteiger partial charge in [-0.1, -0.05) is 17.7 Å². The summed E-state index contributed by atoms with van der Waals surface area (Å²) in [6, 6.07) is 11.7. The summed E-state index contributed by atoms with van der Waals surface area (Å²) in [5, 5.41) is 0.672. The summed E-state index contributed by atoms with van der Waals surface area (Å²) < 4.78 is 13.4. The Morgan fingerprint density at radius 2 is 1.80 bits per heavy atom. The fourth-order valence-electron chi connectivity index (χ4n) is 3.44. The lowest BCUT2D eigenvalue weighted by Gasteiger charge is -2.16. The van der Waals surface area contributed by atoms with Crippen molar-refractivity contribution < 1.29 is 19.1 Å². The summed E-state index contributed by atoms with van der Waals surface area (Å²) in [6.07, 6.45) is 0. The van der Waals surface area contributed by atoms with E-state index in [4.69, 9.17) is 9.47 Å². The van der Waals surface area contributed by atoms with Crippen molar-refractivity contribution in [1.29, 1.82) is 0 Å². The second-order valence-corrected chi connectivity index (χ2v) is 8.20. The van der Waals surface area contributed by atoms with Crippen molar-refractivity contribution in [3.8, 4) is 11.4 Å². The minimum atomic E-state index is -0.431. The third kappa shape index (κ3) is 4.42. The Morgan fingerprint density at radius 1 is 1.13 bits per heavy atom. The highest BCUT2D eigenvalue weighted by Gasteiger charge is 2.26. The molecule has 1 heterocycles. The van der Waals surface area contributed by atoms with E-state index in [-0.39, 0.29) is 6.61 Å². The van der Waals surface area contributed by atoms with Crippen LogP contribution in [0.25, 0.3) is 16.6 Å². The van der Waals surface area contributed by atoms with E-state index in [0.29, 0.717) is 27.7 Å². The van der Waals surface area contributed by atoms with Crippen LogP contribution in [0.15, 0.2) is 40.9 Å². The third-order valence-corrected chi connectivity index (χ3v) is 5.23. The van der Waals surface area contributed by atoms with Gasteiger partial charge in [0.25, 0.3) is 0 Å². The van der Waals surface area contributed by atoms with Crippen LogP contribution in [0.3, 0.4) is 0 Å². The standard InChI is InChI=1S/C23H25BrN2O4/c1-6-29-23(28)22-17-11-21(30-15(3)27)18(24)12-19(17)26(20(22)13-25(4)5)16-9-7-14(2)8-10-16/h7-12H,6,13H2,1-5H3. The zero-order chi connectivity index (χ0) is 22.0. The zero-order valence-corrected chi connectivity index (χ0v) is 19.4. The average molecular weight is 473 g/mol. The molecule has 0 aliphatic carbocycles. The number of benzene rings is 2. The first kappa shape index (κ1) is 22.1. The summed E-state index contributed by atoms with van der Waals surface area (Å²) in [4.78, 5) is 26.6. The molecular formula is C23H25BrN2O4. The first-order valence-corrected chi connectivity index (χ1v) is 10.5. The van der Waals surface area contributed by atoms with E-state index in [1.165, 1.54) is 6.92 Å². The molecule has 0 saturated carbocycles. The molecule has 2 aromatic carbocycles. The van der Waals surface area contributed by atoms with Gasteiger partial charge in [-0.25, -0.2) is 4.79 Å². The zero-order valence-electron chi connectivity index (χ0n) is 17.8. The van der Waals surface area contributed by atoms with Gasteiger partial charge in [-0.2, -0.15) is 0 Å². The van der Waals surface area contributed by atoms with Gasteiger partial charge in [0.2, 0.25) is 0 Å². The summed E-state index contributed by atoms with van der Waals surface area (Å²) in [6.45, 7) is 5.95. The molecule has 0 radical (unpaired) electrons. The minimum absolute atomic E-state index is 0.269. The quantitative estimate of drug-likeness (QED) is 0.378. The molecule has 0 unspecified atom stereocenters. The molecular weight excluding hydrogens is 448 g/mol. The Morgan fingerprint density at radius 3 is 2.37 bits per heavy atom. The van der Waals surface area contributed by atoms with E-state index < -0.39 is 11.9 Å². The molecule has 0 saturated heterocycles. The Bertz CT molecular complexity index is 1100. The van der Waals surface area contributed by atoms with Crippen LogP contribution < -0.4 is 4.74 Å². The molecule has 0 fully saturated rings. The smallest absolute Gasteiger partial charge is 0.340 e. The highest BCUT2D eigenvalue weighted by molar-refractivity contribution is 9.10. The molecule has 30 heavy (non-hydrogen) atoms. The fraction of sp³-hybridized carbons (Fsp3) is 0.304. The first-order chi connectivity index (χ1) is 14.2. The van der Waals surface area contributed by atoms with Crippen LogP contribution in [0.2, 0.25) is 0 Å². The number of esters is 2. The lowest BCUT2D eigenvalue weighted by atomic mass is 10.1. The van der Waals surface area contributed by atoms with Gasteiger partial charge in [-0.3, -0.25) is 4.79 Å². The van der Waals surface area contributed by atoms with E-state index in [0.717, 1.165) is 22.5 Å². The number of fused-ring (bicyclic) bond motifs is 1. The molecule has 158 valence electrons. The maximum Gasteiger partial charge on any atom is 0.340 e. The summed E-state index contributed by atoms with van der Waals surface area (Å²) >= 11 is 3.50. The first-order valence-electron chi connectivity index (χ1n) is 9.67. The Hall–Kier alpha value is -2.64. The number of hydrogen-bond acceptors (Lipinski definition) is 5. The average Bonchev–Trinajstić information content (AvgIpc) is 2.94. The number of aromatic nitrogens is 1. The van der Waals surface area contributed by atoms with Crippen LogP contribution in [-0.2, 0) is 16.1 Å². The van der Waals surface area contributed by atoms with E-state index in [2.05, 4.69) is 20.5 Å². The molecule has 0 bridgehead atoms. The fourth-order valence-corrected chi connectivity index (χ4v) is 3.86. The van der Waals surface area contributed by atoms with Gasteiger partial charge in [-0.05, 0) is 68.1 Å². The van der Waals surface area contributed by atoms with Crippen LogP contribution in [-0.4, -0.2) is 42.1 Å². The van der Waals surface area contributed by atoms with Crippen molar-refractivity contribution in [2.24, 2.45) is 0 Å². The molecule has 6 nitrogen and oxygen atoms in total. The second-order valence-electron chi connectivity index (χ2n) is 7.34. The van der Waals surface area contributed by atoms with Gasteiger partial charge in [0.15, 0.2) is 0 Å². The number of halogens is 1. The lowest BCUT2D eigenvalue weighted by Crippen LogP contribution is -2.17. The predicted molar refractivity (Wildman–Crippen MR) is 120 cm³/mol. The van der Waals surface area contributed by atoms with E-state index in [1.54, 1.807) is 13.0 Å². The maximum atomic E-state index is 13.0. The number of carbonyl (C=O) groups excluding carboxylic acids is 2. The van der Waals surface area contributed by atoms with Crippen molar-refractivity contribution in [1.82, 2.24) is 9.47 Å². The molecule has 7 heteroatoms. The van der Waals surface area contributed by atoms with Crippen molar-refractivity contribution in [2.45, 2.75) is 27.3 Å². The Labute approximate surface area is 184 Å². The van der Waals surface area contributed by atoms with Gasteiger partial charge in [-0.15, -0.1) is 0 Å². The number of ether oxygens (including phenoxy) is 2. The molecule has 0 spiro atoms. The normalized spacial score (nSPS) is 11.2. The van der Waals surface area contributed by atoms with Gasteiger partial charge < -0.3 is 18.9 Å². The number of nitrogens with zero attached hydrogens (tertiary/aromatic N) is 2. The van der Waals surface area contributed by atoms with Crippen molar-refractivity contribution in [3.05, 3.63) is 57.7 Å². The topological polar surface area (TPSA) is 60.8 Å². The van der Waals surface area contributed by atoms with Crippen molar-refractivity contribution in [2.75, 3.05) is 20.7 Å². The largest absolute Gasteiger partial charge is 0.462 e. The van der Waals surface area contributed by atoms with Gasteiger partial charge in [0.05, 0.1) is 27.9 Å². The molecule has 0 aliphatic heterocycles. The van der Waals surface area contributed by atoms with Crippen LogP contribution in [0.4, 0.5) is 0 Å². The number of rotatable bonds is 6. The van der Waals surface area contributed by atoms with Crippen LogP contribution in [0.1, 0.15) is 35.5 Å². The van der Waals surface area contributed by atoms with Crippen molar-refractivity contribution in [3.63, 3.8) is 0 Å². The van der Waals surface area contributed by atoms with Gasteiger partial charge >= 0.3 is 11.9 Å². The highest BCUT2D eigenvalue weighted by atomic mass is 79.9. The molecule has 3 aromatic rings. The molecule has 3 rings (SSSR count). The highest BCUT2D eigenvalue weighted by Crippen LogP contribution is 2.37. The van der Waals surface area contributed by atoms with Crippen LogP contribution in [0.5, 0.6) is 5.75 Å². The lowest BCUT2D eigenvalue weighted by molar-refractivity contribution is -0.131. The van der Waals surface area contributed by atoms with Gasteiger partial charge in [0, 0.05) is 24.5 Å². The summed E-state index contributed by atoms with van der Waals surface area (Å²) in [5.41, 5.74) is 4.19. The summed E-state index contributed by atoms with van der Waals surface area (Å²) in [5.74, 6) is -0.474. The summed E-state index contributed by atoms with van der Waals surface area (Å²) in [7, 11) is 3.90. The monoisotopic (exact) mass is 472 g/mol. The van der Waals surface area contributed by atoms with Crippen LogP contribution >= 0.6 is 15.9 Å².